The first kappa shape index (κ1) is 23.1. The van der Waals surface area contributed by atoms with Crippen molar-refractivity contribution in [2.75, 3.05) is 50.5 Å². The van der Waals surface area contributed by atoms with Gasteiger partial charge < -0.3 is 4.74 Å². The second kappa shape index (κ2) is 9.40. The van der Waals surface area contributed by atoms with E-state index in [4.69, 9.17) is 16.3 Å². The van der Waals surface area contributed by atoms with Crippen molar-refractivity contribution in [3.8, 4) is 0 Å². The van der Waals surface area contributed by atoms with Crippen LogP contribution in [-0.2, 0) is 14.6 Å². The van der Waals surface area contributed by atoms with Crippen LogP contribution in [0.1, 0.15) is 10.4 Å². The number of para-hydroxylation sites is 1. The van der Waals surface area contributed by atoms with Gasteiger partial charge in [0.05, 0.1) is 33.4 Å². The summed E-state index contributed by atoms with van der Waals surface area (Å²) in [5.41, 5.74) is 0.0533. The summed E-state index contributed by atoms with van der Waals surface area (Å²) >= 11 is 7.34. The van der Waals surface area contributed by atoms with Gasteiger partial charge in [-0.1, -0.05) is 35.1 Å². The van der Waals surface area contributed by atoms with Crippen molar-refractivity contribution in [2.24, 2.45) is 0 Å². The van der Waals surface area contributed by atoms with E-state index >= 15 is 0 Å². The van der Waals surface area contributed by atoms with E-state index in [9.17, 15) is 17.6 Å². The number of ether oxygens (including phenoxy) is 1. The van der Waals surface area contributed by atoms with Crippen LogP contribution < -0.4 is 4.90 Å². The molecule has 0 bridgehead atoms. The van der Waals surface area contributed by atoms with Crippen LogP contribution in [-0.4, -0.2) is 69.9 Å². The highest BCUT2D eigenvalue weighted by Crippen LogP contribution is 2.34. The molecule has 1 aliphatic rings. The van der Waals surface area contributed by atoms with E-state index in [-0.39, 0.29) is 27.2 Å². The molecule has 4 rings (SSSR count). The zero-order valence-corrected chi connectivity index (χ0v) is 19.6. The lowest BCUT2D eigenvalue weighted by atomic mass is 10.2. The molecular weight excluding hydrogens is 477 g/mol. The van der Waals surface area contributed by atoms with Crippen molar-refractivity contribution in [2.45, 2.75) is 4.90 Å². The monoisotopic (exact) mass is 497 g/mol. The average Bonchev–Trinajstić information content (AvgIpc) is 3.17. The molecule has 0 saturated carbocycles. The molecule has 32 heavy (non-hydrogen) atoms. The molecule has 1 aromatic heterocycles. The number of nitrogens with zero attached hydrogens (tertiary/aromatic N) is 3. The highest BCUT2D eigenvalue weighted by Gasteiger charge is 2.27. The molecule has 11 heteroatoms. The summed E-state index contributed by atoms with van der Waals surface area (Å²) in [6.45, 7) is 3.41. The summed E-state index contributed by atoms with van der Waals surface area (Å²) in [6, 6.07) is 8.93. The van der Waals surface area contributed by atoms with Crippen molar-refractivity contribution in [1.29, 1.82) is 0 Å². The summed E-state index contributed by atoms with van der Waals surface area (Å²) in [6.07, 6.45) is 1.11. The van der Waals surface area contributed by atoms with Gasteiger partial charge in [0, 0.05) is 32.4 Å². The van der Waals surface area contributed by atoms with Crippen molar-refractivity contribution in [3.05, 3.63) is 52.8 Å². The van der Waals surface area contributed by atoms with E-state index in [0.29, 0.717) is 30.0 Å². The number of anilines is 1. The standard InChI is InChI=1S/C21H21ClFN3O4S2/c1-32(28,29)17-7-3-6-16-19(17)24-21(31-16)26(9-8-25-10-12-30-13-11-25)20(27)18-14(22)4-2-5-15(18)23/h2-7H,8-13H2,1H3. The number of sulfone groups is 1. The number of fused-ring (bicyclic) bond motifs is 1. The Kier molecular flexibility index (Phi) is 6.78. The lowest BCUT2D eigenvalue weighted by molar-refractivity contribution is 0.0391. The molecule has 0 unspecified atom stereocenters. The third-order valence-corrected chi connectivity index (χ3v) is 7.65. The zero-order valence-electron chi connectivity index (χ0n) is 17.3. The number of morpholine rings is 1. The van der Waals surface area contributed by atoms with Crippen molar-refractivity contribution in [3.63, 3.8) is 0 Å². The number of hydrogen-bond donors (Lipinski definition) is 0. The molecule has 1 aliphatic heterocycles. The average molecular weight is 498 g/mol. The predicted molar refractivity (Wildman–Crippen MR) is 123 cm³/mol. The molecule has 170 valence electrons. The fraction of sp³-hybridized carbons (Fsp3) is 0.333. The Morgan fingerprint density at radius 2 is 1.97 bits per heavy atom. The lowest BCUT2D eigenvalue weighted by Gasteiger charge is -2.29. The van der Waals surface area contributed by atoms with Crippen LogP contribution >= 0.6 is 22.9 Å². The van der Waals surface area contributed by atoms with Crippen molar-refractivity contribution < 1.29 is 22.3 Å². The quantitative estimate of drug-likeness (QED) is 0.519. The summed E-state index contributed by atoms with van der Waals surface area (Å²) in [4.78, 5) is 21.5. The van der Waals surface area contributed by atoms with Crippen LogP contribution in [0.15, 0.2) is 41.3 Å². The first-order valence-electron chi connectivity index (χ1n) is 9.91. The molecule has 7 nitrogen and oxygen atoms in total. The molecular formula is C21H21ClFN3O4S2. The number of benzene rings is 2. The molecule has 0 atom stereocenters. The fourth-order valence-electron chi connectivity index (χ4n) is 3.51. The first-order valence-corrected chi connectivity index (χ1v) is 13.0. The van der Waals surface area contributed by atoms with Crippen molar-refractivity contribution in [1.82, 2.24) is 9.88 Å². The van der Waals surface area contributed by atoms with E-state index in [2.05, 4.69) is 9.88 Å². The summed E-state index contributed by atoms with van der Waals surface area (Å²) < 4.78 is 44.9. The Morgan fingerprint density at radius 1 is 1.25 bits per heavy atom. The van der Waals surface area contributed by atoms with Gasteiger partial charge in [-0.25, -0.2) is 17.8 Å². The lowest BCUT2D eigenvalue weighted by Crippen LogP contribution is -2.43. The summed E-state index contributed by atoms with van der Waals surface area (Å²) in [7, 11) is -3.52. The molecule has 0 aliphatic carbocycles. The SMILES string of the molecule is CS(=O)(=O)c1cccc2sc(N(CCN3CCOCC3)C(=O)c3c(F)cccc3Cl)nc12. The van der Waals surface area contributed by atoms with E-state index in [0.717, 1.165) is 19.3 Å². The molecule has 2 heterocycles. The Balaban J connectivity index is 1.75. The minimum absolute atomic E-state index is 0.00399. The molecule has 1 saturated heterocycles. The van der Waals surface area contributed by atoms with Gasteiger partial charge in [0.15, 0.2) is 15.0 Å². The Labute approximate surface area is 194 Å². The molecule has 0 spiro atoms. The predicted octanol–water partition coefficient (Wildman–Crippen LogP) is 3.47. The molecule has 3 aromatic rings. The molecule has 0 N–H and O–H groups in total. The number of halogens is 2. The number of carbonyl (C=O) groups is 1. The normalized spacial score (nSPS) is 15.2. The third kappa shape index (κ3) is 4.79. The number of thiazole rings is 1. The van der Waals surface area contributed by atoms with Gasteiger partial charge >= 0.3 is 0 Å². The summed E-state index contributed by atoms with van der Waals surface area (Å²) in [5, 5.41) is 0.290. The van der Waals surface area contributed by atoms with Gasteiger partial charge in [-0.15, -0.1) is 0 Å². The largest absolute Gasteiger partial charge is 0.379 e. The maximum absolute atomic E-state index is 14.5. The fourth-order valence-corrected chi connectivity index (χ4v) is 5.67. The number of aromatic nitrogens is 1. The first-order chi connectivity index (χ1) is 15.3. The number of rotatable bonds is 6. The van der Waals surface area contributed by atoms with Gasteiger partial charge in [-0.3, -0.25) is 14.6 Å². The van der Waals surface area contributed by atoms with Crippen LogP contribution in [0.25, 0.3) is 10.2 Å². The van der Waals surface area contributed by atoms with Crippen LogP contribution in [0, 0.1) is 5.82 Å². The molecule has 0 radical (unpaired) electrons. The second-order valence-electron chi connectivity index (χ2n) is 7.38. The van der Waals surface area contributed by atoms with E-state index in [1.165, 1.54) is 40.5 Å². The number of carbonyl (C=O) groups excluding carboxylic acids is 1. The Morgan fingerprint density at radius 3 is 2.66 bits per heavy atom. The Bertz CT molecular complexity index is 1240. The minimum Gasteiger partial charge on any atom is -0.379 e. The van der Waals surface area contributed by atoms with Crippen LogP contribution in [0.3, 0.4) is 0 Å². The molecule has 2 aromatic carbocycles. The van der Waals surface area contributed by atoms with Gasteiger partial charge in [-0.05, 0) is 24.3 Å². The van der Waals surface area contributed by atoms with Gasteiger partial charge in [0.25, 0.3) is 5.91 Å². The number of hydrogen-bond acceptors (Lipinski definition) is 7. The summed E-state index contributed by atoms with van der Waals surface area (Å²) in [5.74, 6) is -1.35. The van der Waals surface area contributed by atoms with Crippen LogP contribution in [0.2, 0.25) is 5.02 Å². The Hall–Kier alpha value is -2.11. The maximum atomic E-state index is 14.5. The highest BCUT2D eigenvalue weighted by molar-refractivity contribution is 7.91. The van der Waals surface area contributed by atoms with E-state index < -0.39 is 21.6 Å². The van der Waals surface area contributed by atoms with Crippen LogP contribution in [0.4, 0.5) is 9.52 Å². The van der Waals surface area contributed by atoms with Gasteiger partial charge in [0.1, 0.15) is 11.3 Å². The smallest absolute Gasteiger partial charge is 0.264 e. The van der Waals surface area contributed by atoms with Gasteiger partial charge in [0.2, 0.25) is 0 Å². The van der Waals surface area contributed by atoms with E-state index in [1.54, 1.807) is 12.1 Å². The van der Waals surface area contributed by atoms with E-state index in [1.807, 2.05) is 0 Å². The minimum atomic E-state index is -3.52. The maximum Gasteiger partial charge on any atom is 0.264 e. The highest BCUT2D eigenvalue weighted by atomic mass is 35.5. The molecule has 1 fully saturated rings. The molecule has 1 amide bonds. The zero-order chi connectivity index (χ0) is 22.9. The van der Waals surface area contributed by atoms with Crippen LogP contribution in [0.5, 0.6) is 0 Å². The third-order valence-electron chi connectivity index (χ3n) is 5.17. The van der Waals surface area contributed by atoms with Gasteiger partial charge in [-0.2, -0.15) is 0 Å². The second-order valence-corrected chi connectivity index (χ2v) is 10.8. The number of amides is 1. The topological polar surface area (TPSA) is 79.8 Å². The van der Waals surface area contributed by atoms with Crippen molar-refractivity contribution >= 4 is 54.0 Å².